The lowest BCUT2D eigenvalue weighted by atomic mass is 10.0. The summed E-state index contributed by atoms with van der Waals surface area (Å²) < 4.78 is 0. The Morgan fingerprint density at radius 3 is 2.08 bits per heavy atom. The van der Waals surface area contributed by atoms with Crippen molar-refractivity contribution >= 4 is 35.4 Å². The Balaban J connectivity index is 1.71. The summed E-state index contributed by atoms with van der Waals surface area (Å²) in [6, 6.07) is -1.20. The number of carbonyl (C=O) groups is 6. The van der Waals surface area contributed by atoms with Crippen LogP contribution in [-0.2, 0) is 28.8 Å². The number of Topliss-reactive ketones (excluding diaryl/α,β-unsaturated/α-hetero) is 1. The monoisotopic (exact) mass is 364 g/mol. The average molecular weight is 364 g/mol. The van der Waals surface area contributed by atoms with Crippen molar-refractivity contribution in [3.8, 4) is 0 Å². The van der Waals surface area contributed by atoms with Crippen LogP contribution in [0.15, 0.2) is 12.2 Å². The van der Waals surface area contributed by atoms with Crippen LogP contribution < -0.4 is 0 Å². The van der Waals surface area contributed by atoms with E-state index in [4.69, 9.17) is 0 Å². The van der Waals surface area contributed by atoms with Gasteiger partial charge in [0.1, 0.15) is 11.8 Å². The van der Waals surface area contributed by atoms with Crippen molar-refractivity contribution in [3.05, 3.63) is 12.2 Å². The molecule has 0 spiro atoms. The Kier molecular flexibility index (Phi) is 6.37. The van der Waals surface area contributed by atoms with Crippen LogP contribution in [0.25, 0.3) is 0 Å². The van der Waals surface area contributed by atoms with E-state index in [1.807, 2.05) is 0 Å². The third kappa shape index (κ3) is 4.62. The molecule has 2 rings (SSSR count). The first-order chi connectivity index (χ1) is 12.3. The quantitative estimate of drug-likeness (QED) is 0.428. The minimum Gasteiger partial charge on any atom is -0.480 e. The molecule has 1 atom stereocenters. The summed E-state index contributed by atoms with van der Waals surface area (Å²) in [6.07, 6.45) is 3.45. The molecule has 2 heterocycles. The molecule has 1 unspecified atom stereocenters. The van der Waals surface area contributed by atoms with E-state index in [0.717, 1.165) is 22.0 Å². The maximum Gasteiger partial charge on any atom is 0.326 e. The van der Waals surface area contributed by atoms with E-state index in [9.17, 15) is 33.9 Å². The molecule has 140 valence electrons. The van der Waals surface area contributed by atoms with Crippen molar-refractivity contribution in [2.24, 2.45) is 0 Å². The first-order valence-electron chi connectivity index (χ1n) is 8.44. The van der Waals surface area contributed by atoms with Crippen LogP contribution in [0.3, 0.4) is 0 Å². The van der Waals surface area contributed by atoms with E-state index in [2.05, 4.69) is 0 Å². The average Bonchev–Trinajstić information content (AvgIpc) is 3.08. The van der Waals surface area contributed by atoms with Crippen molar-refractivity contribution < 1.29 is 33.9 Å². The molecule has 1 N–H and O–H groups in total. The lowest BCUT2D eigenvalue weighted by Gasteiger charge is -2.22. The number of likely N-dealkylation sites (tertiary alicyclic amines) is 1. The van der Waals surface area contributed by atoms with Gasteiger partial charge >= 0.3 is 5.97 Å². The maximum atomic E-state index is 11.8. The summed E-state index contributed by atoms with van der Waals surface area (Å²) in [5.74, 6) is -3.21. The number of hydrogen-bond acceptors (Lipinski definition) is 6. The molecular formula is C17H20N2O7. The van der Waals surface area contributed by atoms with Crippen LogP contribution in [0, 0.1) is 0 Å². The SMILES string of the molecule is O=C(CCCCC(C(=O)O)N1C(=O)CCC1=O)CCN1C(=O)C=CC1=O. The van der Waals surface area contributed by atoms with Gasteiger partial charge in [-0.1, -0.05) is 6.42 Å². The summed E-state index contributed by atoms with van der Waals surface area (Å²) in [7, 11) is 0. The van der Waals surface area contributed by atoms with Crippen molar-refractivity contribution in [1.82, 2.24) is 9.80 Å². The molecular weight excluding hydrogens is 344 g/mol. The number of rotatable bonds is 10. The second-order valence-corrected chi connectivity index (χ2v) is 6.21. The molecule has 0 aromatic heterocycles. The Hall–Kier alpha value is -2.84. The number of carboxylic acids is 1. The number of carbonyl (C=O) groups excluding carboxylic acids is 5. The summed E-state index contributed by atoms with van der Waals surface area (Å²) in [5, 5.41) is 9.24. The number of aliphatic carboxylic acids is 1. The first-order valence-corrected chi connectivity index (χ1v) is 8.44. The molecule has 4 amide bonds. The standard InChI is InChI=1S/C17H20N2O7/c20-11(9-10-18-13(21)5-6-14(18)22)3-1-2-4-12(17(25)26)19-15(23)7-8-16(19)24/h5-6,12H,1-4,7-10H2,(H,25,26). The highest BCUT2D eigenvalue weighted by molar-refractivity contribution is 6.13. The van der Waals surface area contributed by atoms with Crippen LogP contribution in [0.2, 0.25) is 0 Å². The largest absolute Gasteiger partial charge is 0.480 e. The van der Waals surface area contributed by atoms with E-state index in [1.54, 1.807) is 0 Å². The smallest absolute Gasteiger partial charge is 0.326 e. The van der Waals surface area contributed by atoms with Crippen LogP contribution in [0.4, 0.5) is 0 Å². The summed E-state index contributed by atoms with van der Waals surface area (Å²) in [4.78, 5) is 71.0. The van der Waals surface area contributed by atoms with E-state index in [1.165, 1.54) is 0 Å². The van der Waals surface area contributed by atoms with Crippen molar-refractivity contribution in [2.45, 2.75) is 51.0 Å². The van der Waals surface area contributed by atoms with Gasteiger partial charge in [-0.25, -0.2) is 4.79 Å². The van der Waals surface area contributed by atoms with Gasteiger partial charge in [-0.05, 0) is 12.8 Å². The predicted octanol–water partition coefficient (Wildman–Crippen LogP) is 0.0332. The zero-order chi connectivity index (χ0) is 19.3. The van der Waals surface area contributed by atoms with Gasteiger partial charge in [-0.3, -0.25) is 33.8 Å². The van der Waals surface area contributed by atoms with Gasteiger partial charge in [0.15, 0.2) is 0 Å². The summed E-state index contributed by atoms with van der Waals surface area (Å²) in [6.45, 7) is 0.0258. The van der Waals surface area contributed by atoms with E-state index >= 15 is 0 Å². The minimum absolute atomic E-state index is 0.0258. The maximum absolute atomic E-state index is 11.8. The number of imide groups is 2. The summed E-state index contributed by atoms with van der Waals surface area (Å²) >= 11 is 0. The molecule has 26 heavy (non-hydrogen) atoms. The first kappa shape index (κ1) is 19.5. The highest BCUT2D eigenvalue weighted by Gasteiger charge is 2.38. The highest BCUT2D eigenvalue weighted by Crippen LogP contribution is 2.20. The lowest BCUT2D eigenvalue weighted by Crippen LogP contribution is -2.44. The number of amides is 4. The van der Waals surface area contributed by atoms with Gasteiger partial charge in [0.2, 0.25) is 11.8 Å². The predicted molar refractivity (Wildman–Crippen MR) is 86.5 cm³/mol. The van der Waals surface area contributed by atoms with E-state index in [-0.39, 0.29) is 44.4 Å². The fourth-order valence-electron chi connectivity index (χ4n) is 2.98. The Labute approximate surface area is 149 Å². The van der Waals surface area contributed by atoms with Gasteiger partial charge in [0, 0.05) is 44.4 Å². The zero-order valence-electron chi connectivity index (χ0n) is 14.2. The van der Waals surface area contributed by atoms with Gasteiger partial charge < -0.3 is 5.11 Å². The number of carboxylic acid groups (broad SMARTS) is 1. The second-order valence-electron chi connectivity index (χ2n) is 6.21. The Bertz CT molecular complexity index is 649. The third-order valence-electron chi connectivity index (χ3n) is 4.38. The van der Waals surface area contributed by atoms with Crippen LogP contribution in [-0.4, -0.2) is 62.9 Å². The van der Waals surface area contributed by atoms with E-state index < -0.39 is 35.6 Å². The normalized spacial score (nSPS) is 18.2. The number of nitrogens with zero attached hydrogens (tertiary/aromatic N) is 2. The van der Waals surface area contributed by atoms with Crippen LogP contribution in [0.1, 0.15) is 44.9 Å². The van der Waals surface area contributed by atoms with Gasteiger partial charge in [-0.2, -0.15) is 0 Å². The van der Waals surface area contributed by atoms with Crippen LogP contribution >= 0.6 is 0 Å². The molecule has 1 fully saturated rings. The topological polar surface area (TPSA) is 129 Å². The van der Waals surface area contributed by atoms with Crippen molar-refractivity contribution in [1.29, 1.82) is 0 Å². The molecule has 0 radical (unpaired) electrons. The number of unbranched alkanes of at least 4 members (excludes halogenated alkanes) is 1. The molecule has 2 aliphatic heterocycles. The molecule has 0 aliphatic carbocycles. The minimum atomic E-state index is -1.24. The molecule has 0 aromatic carbocycles. The number of hydrogen-bond donors (Lipinski definition) is 1. The Morgan fingerprint density at radius 2 is 1.54 bits per heavy atom. The fraction of sp³-hybridized carbons (Fsp3) is 0.529. The molecule has 0 aromatic rings. The lowest BCUT2D eigenvalue weighted by molar-refractivity contribution is -0.154. The fourth-order valence-corrected chi connectivity index (χ4v) is 2.98. The molecule has 0 bridgehead atoms. The van der Waals surface area contributed by atoms with Gasteiger partial charge in [0.25, 0.3) is 11.8 Å². The Morgan fingerprint density at radius 1 is 0.962 bits per heavy atom. The highest BCUT2D eigenvalue weighted by atomic mass is 16.4. The summed E-state index contributed by atoms with van der Waals surface area (Å²) in [5.41, 5.74) is 0. The number of ketones is 1. The molecule has 9 nitrogen and oxygen atoms in total. The second kappa shape index (κ2) is 8.50. The zero-order valence-corrected chi connectivity index (χ0v) is 14.2. The van der Waals surface area contributed by atoms with Gasteiger partial charge in [-0.15, -0.1) is 0 Å². The molecule has 2 aliphatic rings. The third-order valence-corrected chi connectivity index (χ3v) is 4.38. The van der Waals surface area contributed by atoms with Crippen molar-refractivity contribution in [2.75, 3.05) is 6.54 Å². The van der Waals surface area contributed by atoms with E-state index in [0.29, 0.717) is 12.8 Å². The van der Waals surface area contributed by atoms with Crippen LogP contribution in [0.5, 0.6) is 0 Å². The van der Waals surface area contributed by atoms with Crippen molar-refractivity contribution in [3.63, 3.8) is 0 Å². The molecule has 1 saturated heterocycles. The molecule has 9 heteroatoms. The van der Waals surface area contributed by atoms with Gasteiger partial charge in [0.05, 0.1) is 0 Å². The molecule has 0 saturated carbocycles.